The zero-order valence-corrected chi connectivity index (χ0v) is 11.8. The third-order valence-electron chi connectivity index (χ3n) is 3.90. The van der Waals surface area contributed by atoms with Crippen LogP contribution in [0.2, 0.25) is 5.02 Å². The van der Waals surface area contributed by atoms with Crippen molar-refractivity contribution < 1.29 is 0 Å². The van der Waals surface area contributed by atoms with Gasteiger partial charge in [0.1, 0.15) is 5.02 Å². The van der Waals surface area contributed by atoms with E-state index in [1.54, 1.807) is 0 Å². The van der Waals surface area contributed by atoms with E-state index in [1.807, 2.05) is 11.9 Å². The van der Waals surface area contributed by atoms with Crippen LogP contribution < -0.4 is 10.5 Å². The Balaban J connectivity index is 2.19. The fraction of sp³-hybridized carbons (Fsp3) is 0.667. The Hall–Kier alpha value is -1.07. The van der Waals surface area contributed by atoms with Gasteiger partial charge in [-0.25, -0.2) is 4.98 Å². The number of aromatic amines is 1. The number of anilines is 1. The van der Waals surface area contributed by atoms with Gasteiger partial charge in [0.05, 0.1) is 6.33 Å². The van der Waals surface area contributed by atoms with Crippen LogP contribution in [0.1, 0.15) is 19.3 Å². The summed E-state index contributed by atoms with van der Waals surface area (Å²) < 4.78 is 0. The Morgan fingerprint density at radius 2 is 2.11 bits per heavy atom. The number of aromatic nitrogens is 2. The van der Waals surface area contributed by atoms with Gasteiger partial charge in [0, 0.05) is 19.1 Å². The summed E-state index contributed by atoms with van der Waals surface area (Å²) in [5.74, 6) is 0.550. The molecule has 18 heavy (non-hydrogen) atoms. The molecule has 1 N–H and O–H groups in total. The Morgan fingerprint density at radius 1 is 1.44 bits per heavy atom. The molecule has 0 amide bonds. The molecule has 1 aromatic heterocycles. The quantitative estimate of drug-likeness (QED) is 0.897. The predicted molar refractivity (Wildman–Crippen MR) is 73.4 cm³/mol. The van der Waals surface area contributed by atoms with Crippen molar-refractivity contribution in [1.29, 1.82) is 0 Å². The average molecular weight is 271 g/mol. The van der Waals surface area contributed by atoms with Crippen molar-refractivity contribution in [2.75, 3.05) is 32.6 Å². The number of H-pyrrole nitrogens is 1. The maximum absolute atomic E-state index is 11.5. The van der Waals surface area contributed by atoms with E-state index in [4.69, 9.17) is 11.6 Å². The number of likely N-dealkylation sites (N-methyl/N-ethyl adjacent to an activating group) is 2. The highest BCUT2D eigenvalue weighted by molar-refractivity contribution is 6.32. The van der Waals surface area contributed by atoms with Crippen molar-refractivity contribution in [3.05, 3.63) is 21.7 Å². The Morgan fingerprint density at radius 3 is 2.61 bits per heavy atom. The van der Waals surface area contributed by atoms with Gasteiger partial charge in [-0.15, -0.1) is 0 Å². The second-order valence-electron chi connectivity index (χ2n) is 5.20. The van der Waals surface area contributed by atoms with Gasteiger partial charge >= 0.3 is 0 Å². The first-order valence-electron chi connectivity index (χ1n) is 6.08. The van der Waals surface area contributed by atoms with Gasteiger partial charge in [-0.3, -0.25) is 4.79 Å². The minimum atomic E-state index is -0.291. The maximum Gasteiger partial charge on any atom is 0.271 e. The predicted octanol–water partition coefficient (Wildman–Crippen LogP) is 1.34. The molecule has 1 aromatic rings. The fourth-order valence-corrected chi connectivity index (χ4v) is 2.74. The molecule has 1 aliphatic carbocycles. The van der Waals surface area contributed by atoms with Crippen molar-refractivity contribution in [3.8, 4) is 0 Å². The van der Waals surface area contributed by atoms with Crippen LogP contribution in [0.3, 0.4) is 0 Å². The van der Waals surface area contributed by atoms with Crippen LogP contribution in [0.5, 0.6) is 0 Å². The molecular formula is C12H19ClN4O. The molecule has 1 fully saturated rings. The van der Waals surface area contributed by atoms with E-state index in [0.717, 1.165) is 6.54 Å². The van der Waals surface area contributed by atoms with Crippen LogP contribution in [0.4, 0.5) is 5.82 Å². The normalized spacial score (nSPS) is 17.6. The van der Waals surface area contributed by atoms with Crippen LogP contribution in [-0.4, -0.2) is 48.1 Å². The standard InChI is InChI=1S/C12H19ClN4O/c1-16(2)12(5-4-6-12)7-17(3)10-9(13)11(18)15-8-14-10/h8H,4-7H2,1-3H3,(H,14,15,18). The minimum absolute atomic E-state index is 0.160. The van der Waals surface area contributed by atoms with Crippen LogP contribution in [0, 0.1) is 0 Å². The van der Waals surface area contributed by atoms with Crippen molar-refractivity contribution in [2.24, 2.45) is 0 Å². The maximum atomic E-state index is 11.5. The minimum Gasteiger partial charge on any atom is -0.356 e. The molecule has 5 nitrogen and oxygen atoms in total. The molecule has 0 aromatic carbocycles. The van der Waals surface area contributed by atoms with Crippen molar-refractivity contribution >= 4 is 17.4 Å². The van der Waals surface area contributed by atoms with Gasteiger partial charge in [-0.2, -0.15) is 0 Å². The first-order chi connectivity index (χ1) is 8.46. The summed E-state index contributed by atoms with van der Waals surface area (Å²) in [5, 5.41) is 0.160. The van der Waals surface area contributed by atoms with E-state index in [0.29, 0.717) is 5.82 Å². The molecule has 0 aliphatic heterocycles. The monoisotopic (exact) mass is 270 g/mol. The highest BCUT2D eigenvalue weighted by Crippen LogP contribution is 2.37. The molecule has 0 radical (unpaired) electrons. The zero-order chi connectivity index (χ0) is 13.3. The third kappa shape index (κ3) is 2.24. The Labute approximate surface area is 112 Å². The lowest BCUT2D eigenvalue weighted by Crippen LogP contribution is -2.57. The molecule has 100 valence electrons. The molecular weight excluding hydrogens is 252 g/mol. The number of nitrogens with one attached hydrogen (secondary N) is 1. The summed E-state index contributed by atoms with van der Waals surface area (Å²) in [6.45, 7) is 0.830. The molecule has 0 unspecified atom stereocenters. The summed E-state index contributed by atoms with van der Waals surface area (Å²) >= 11 is 6.00. The van der Waals surface area contributed by atoms with E-state index < -0.39 is 0 Å². The van der Waals surface area contributed by atoms with Crippen molar-refractivity contribution in [2.45, 2.75) is 24.8 Å². The number of hydrogen-bond acceptors (Lipinski definition) is 4. The number of halogens is 1. The summed E-state index contributed by atoms with van der Waals surface area (Å²) in [6, 6.07) is 0. The highest BCUT2D eigenvalue weighted by Gasteiger charge is 2.40. The Bertz CT molecular complexity index is 481. The molecule has 2 rings (SSSR count). The number of nitrogens with zero attached hydrogens (tertiary/aromatic N) is 3. The van der Waals surface area contributed by atoms with E-state index in [2.05, 4.69) is 29.0 Å². The fourth-order valence-electron chi connectivity index (χ4n) is 2.49. The third-order valence-corrected chi connectivity index (χ3v) is 4.24. The molecule has 0 atom stereocenters. The smallest absolute Gasteiger partial charge is 0.271 e. The van der Waals surface area contributed by atoms with Crippen molar-refractivity contribution in [1.82, 2.24) is 14.9 Å². The van der Waals surface area contributed by atoms with Gasteiger partial charge < -0.3 is 14.8 Å². The molecule has 1 heterocycles. The first kappa shape index (κ1) is 13.4. The lowest BCUT2D eigenvalue weighted by atomic mass is 9.75. The van der Waals surface area contributed by atoms with Gasteiger partial charge in [0.15, 0.2) is 5.82 Å². The van der Waals surface area contributed by atoms with Crippen LogP contribution in [0.15, 0.2) is 11.1 Å². The highest BCUT2D eigenvalue weighted by atomic mass is 35.5. The largest absolute Gasteiger partial charge is 0.356 e. The molecule has 1 saturated carbocycles. The SMILES string of the molecule is CN(CC1(N(C)C)CCC1)c1nc[nH]c(=O)c1Cl. The number of rotatable bonds is 4. The molecule has 0 bridgehead atoms. The Kier molecular flexibility index (Phi) is 3.64. The topological polar surface area (TPSA) is 52.2 Å². The van der Waals surface area contributed by atoms with Crippen LogP contribution >= 0.6 is 11.6 Å². The summed E-state index contributed by atoms with van der Waals surface area (Å²) in [6.07, 6.45) is 4.99. The summed E-state index contributed by atoms with van der Waals surface area (Å²) in [7, 11) is 6.12. The van der Waals surface area contributed by atoms with E-state index >= 15 is 0 Å². The van der Waals surface area contributed by atoms with Gasteiger partial charge in [-0.1, -0.05) is 11.6 Å². The summed E-state index contributed by atoms with van der Waals surface area (Å²) in [5.41, 5.74) is -0.108. The molecule has 0 saturated heterocycles. The van der Waals surface area contributed by atoms with E-state index in [9.17, 15) is 4.79 Å². The van der Waals surface area contributed by atoms with Gasteiger partial charge in [0.25, 0.3) is 5.56 Å². The second-order valence-corrected chi connectivity index (χ2v) is 5.58. The first-order valence-corrected chi connectivity index (χ1v) is 6.46. The average Bonchev–Trinajstić information content (AvgIpc) is 2.26. The van der Waals surface area contributed by atoms with Crippen molar-refractivity contribution in [3.63, 3.8) is 0 Å². The van der Waals surface area contributed by atoms with E-state index in [1.165, 1.54) is 25.6 Å². The van der Waals surface area contributed by atoms with Crippen LogP contribution in [-0.2, 0) is 0 Å². The molecule has 6 heteroatoms. The van der Waals surface area contributed by atoms with E-state index in [-0.39, 0.29) is 16.1 Å². The number of hydrogen-bond donors (Lipinski definition) is 1. The second kappa shape index (κ2) is 4.90. The lowest BCUT2D eigenvalue weighted by molar-refractivity contribution is 0.0682. The molecule has 1 aliphatic rings. The molecule has 0 spiro atoms. The van der Waals surface area contributed by atoms with Gasteiger partial charge in [0.2, 0.25) is 0 Å². The zero-order valence-electron chi connectivity index (χ0n) is 11.0. The summed E-state index contributed by atoms with van der Waals surface area (Å²) in [4.78, 5) is 22.3. The lowest BCUT2D eigenvalue weighted by Gasteiger charge is -2.49. The van der Waals surface area contributed by atoms with Crippen LogP contribution in [0.25, 0.3) is 0 Å². The van der Waals surface area contributed by atoms with Gasteiger partial charge in [-0.05, 0) is 33.4 Å².